The molecule has 29 heavy (non-hydrogen) atoms. The number of amides is 2. The molecule has 3 heterocycles. The number of piperidine rings is 1. The molecule has 4 rings (SSSR count). The molecule has 0 saturated carbocycles. The summed E-state index contributed by atoms with van der Waals surface area (Å²) in [7, 11) is 0. The van der Waals surface area contributed by atoms with E-state index in [2.05, 4.69) is 27.5 Å². The molecule has 3 N–H and O–H groups in total. The van der Waals surface area contributed by atoms with Crippen LogP contribution in [0.5, 0.6) is 0 Å². The second kappa shape index (κ2) is 7.69. The van der Waals surface area contributed by atoms with E-state index in [1.54, 1.807) is 6.07 Å². The summed E-state index contributed by atoms with van der Waals surface area (Å²) < 4.78 is 0. The zero-order valence-corrected chi connectivity index (χ0v) is 16.6. The Balaban J connectivity index is 1.65. The second-order valence-corrected chi connectivity index (χ2v) is 8.01. The van der Waals surface area contributed by atoms with Crippen molar-refractivity contribution in [1.29, 1.82) is 0 Å². The van der Waals surface area contributed by atoms with Gasteiger partial charge in [0.2, 0.25) is 17.8 Å². The van der Waals surface area contributed by atoms with Gasteiger partial charge in [0.25, 0.3) is 5.56 Å². The number of benzene rings is 1. The summed E-state index contributed by atoms with van der Waals surface area (Å²) in [5, 5.41) is 5.49. The molecule has 2 aromatic rings. The van der Waals surface area contributed by atoms with E-state index in [-0.39, 0.29) is 29.3 Å². The van der Waals surface area contributed by atoms with Gasteiger partial charge in [0, 0.05) is 25.2 Å². The average molecular weight is 395 g/mol. The fraction of sp³-hybridized carbons (Fsp3) is 0.429. The summed E-state index contributed by atoms with van der Waals surface area (Å²) in [6, 6.07) is 7.38. The third-order valence-corrected chi connectivity index (χ3v) is 5.50. The van der Waals surface area contributed by atoms with Gasteiger partial charge in [-0.25, -0.2) is 0 Å². The number of nitrogens with zero attached hydrogens (tertiary/aromatic N) is 2. The maximum Gasteiger partial charge on any atom is 0.258 e. The van der Waals surface area contributed by atoms with E-state index in [0.29, 0.717) is 17.6 Å². The van der Waals surface area contributed by atoms with E-state index < -0.39 is 11.8 Å². The second-order valence-electron chi connectivity index (χ2n) is 8.01. The predicted molar refractivity (Wildman–Crippen MR) is 111 cm³/mol. The number of carbonyl (C=O) groups excluding carboxylic acids is 2. The van der Waals surface area contributed by atoms with Gasteiger partial charge in [-0.15, -0.1) is 0 Å². The van der Waals surface area contributed by atoms with Crippen LogP contribution < -0.4 is 21.1 Å². The lowest BCUT2D eigenvalue weighted by Gasteiger charge is -2.32. The van der Waals surface area contributed by atoms with E-state index in [1.165, 1.54) is 0 Å². The van der Waals surface area contributed by atoms with Gasteiger partial charge < -0.3 is 15.5 Å². The Kier molecular flexibility index (Phi) is 5.08. The van der Waals surface area contributed by atoms with E-state index in [4.69, 9.17) is 0 Å². The van der Waals surface area contributed by atoms with Crippen molar-refractivity contribution in [1.82, 2.24) is 9.97 Å². The molecule has 8 nitrogen and oxygen atoms in total. The number of fused-ring (bicyclic) bond motifs is 1. The van der Waals surface area contributed by atoms with Crippen LogP contribution in [0.3, 0.4) is 0 Å². The van der Waals surface area contributed by atoms with Crippen molar-refractivity contribution in [2.45, 2.75) is 39.0 Å². The number of rotatable bonds is 3. The van der Waals surface area contributed by atoms with Crippen molar-refractivity contribution in [3.63, 3.8) is 0 Å². The van der Waals surface area contributed by atoms with Crippen molar-refractivity contribution in [3.8, 4) is 0 Å². The van der Waals surface area contributed by atoms with Gasteiger partial charge in [-0.1, -0.05) is 19.1 Å². The molecule has 0 bridgehead atoms. The molecule has 2 amide bonds. The molecule has 2 aliphatic heterocycles. The number of nitrogens with one attached hydrogen (secondary N) is 3. The highest BCUT2D eigenvalue weighted by molar-refractivity contribution is 6.04. The summed E-state index contributed by atoms with van der Waals surface area (Å²) >= 11 is 0. The fourth-order valence-electron chi connectivity index (χ4n) is 4.07. The first kappa shape index (κ1) is 19.2. The van der Waals surface area contributed by atoms with Gasteiger partial charge in [-0.05, 0) is 43.4 Å². The van der Waals surface area contributed by atoms with Crippen molar-refractivity contribution in [2.24, 2.45) is 5.92 Å². The lowest BCUT2D eigenvalue weighted by molar-refractivity contribution is -0.123. The molecule has 0 aliphatic carbocycles. The van der Waals surface area contributed by atoms with E-state index >= 15 is 0 Å². The molecule has 1 aromatic carbocycles. The summed E-state index contributed by atoms with van der Waals surface area (Å²) in [4.78, 5) is 47.4. The number of aromatic nitrogens is 2. The lowest BCUT2D eigenvalue weighted by atomic mass is 9.92. The third-order valence-electron chi connectivity index (χ3n) is 5.50. The van der Waals surface area contributed by atoms with Crippen LogP contribution in [-0.2, 0) is 9.59 Å². The monoisotopic (exact) mass is 395 g/mol. The Morgan fingerprint density at radius 3 is 2.90 bits per heavy atom. The zero-order chi connectivity index (χ0) is 20.5. The molecule has 1 aromatic heterocycles. The highest BCUT2D eigenvalue weighted by Crippen LogP contribution is 2.31. The van der Waals surface area contributed by atoms with Crippen LogP contribution in [-0.4, -0.2) is 34.9 Å². The summed E-state index contributed by atoms with van der Waals surface area (Å²) in [6.07, 6.45) is 2.08. The van der Waals surface area contributed by atoms with Gasteiger partial charge in [0.1, 0.15) is 5.82 Å². The molecule has 2 unspecified atom stereocenters. The van der Waals surface area contributed by atoms with Crippen molar-refractivity contribution in [3.05, 3.63) is 45.7 Å². The van der Waals surface area contributed by atoms with Crippen LogP contribution >= 0.6 is 0 Å². The highest BCUT2D eigenvalue weighted by Gasteiger charge is 2.35. The molecular weight excluding hydrogens is 370 g/mol. The highest BCUT2D eigenvalue weighted by atomic mass is 16.2. The van der Waals surface area contributed by atoms with Crippen LogP contribution in [0.1, 0.15) is 43.2 Å². The number of anilines is 3. The minimum atomic E-state index is -0.884. The first-order valence-electron chi connectivity index (χ1n) is 9.97. The Hall–Kier alpha value is -3.16. The van der Waals surface area contributed by atoms with Crippen molar-refractivity contribution < 1.29 is 9.59 Å². The Labute approximate surface area is 168 Å². The predicted octanol–water partition coefficient (Wildman–Crippen LogP) is 2.38. The quantitative estimate of drug-likeness (QED) is 0.740. The summed E-state index contributed by atoms with van der Waals surface area (Å²) in [5.41, 5.74) is 1.46. The van der Waals surface area contributed by atoms with E-state index in [1.807, 2.05) is 30.0 Å². The van der Waals surface area contributed by atoms with Crippen molar-refractivity contribution >= 4 is 29.3 Å². The topological polar surface area (TPSA) is 107 Å². The molecule has 152 valence electrons. The minimum absolute atomic E-state index is 0.0878. The standard InChI is InChI=1S/C21H25N5O3/c1-12-5-3-7-14(9-12)22-19(28)15-10-16(27)23-18-17(15)20(29)25-21(24-18)26-8-4-6-13(2)11-26/h3,5,7,9,13,15H,4,6,8,10-11H2,1-2H3,(H,22,28)(H2,23,24,25,27,29). The van der Waals surface area contributed by atoms with Crippen LogP contribution in [0.2, 0.25) is 0 Å². The number of aromatic amines is 1. The lowest BCUT2D eigenvalue weighted by Crippen LogP contribution is -2.40. The van der Waals surface area contributed by atoms with Crippen molar-refractivity contribution in [2.75, 3.05) is 28.6 Å². The summed E-state index contributed by atoms with van der Waals surface area (Å²) in [5.74, 6) is -0.461. The maximum absolute atomic E-state index is 12.9. The third kappa shape index (κ3) is 4.01. The Morgan fingerprint density at radius 2 is 2.14 bits per heavy atom. The number of H-pyrrole nitrogens is 1. The molecule has 1 saturated heterocycles. The van der Waals surface area contributed by atoms with E-state index in [9.17, 15) is 14.4 Å². The van der Waals surface area contributed by atoms with Gasteiger partial charge >= 0.3 is 0 Å². The maximum atomic E-state index is 12.9. The van der Waals surface area contributed by atoms with Crippen LogP contribution in [0.25, 0.3) is 0 Å². The number of carbonyl (C=O) groups is 2. The molecule has 0 spiro atoms. The molecule has 8 heteroatoms. The summed E-state index contributed by atoms with van der Waals surface area (Å²) in [6.45, 7) is 5.69. The van der Waals surface area contributed by atoms with Crippen LogP contribution in [0.15, 0.2) is 29.1 Å². The van der Waals surface area contributed by atoms with Gasteiger partial charge in [0.15, 0.2) is 0 Å². The first-order chi connectivity index (χ1) is 13.9. The Bertz CT molecular complexity index is 1020. The molecular formula is C21H25N5O3. The Morgan fingerprint density at radius 1 is 1.31 bits per heavy atom. The van der Waals surface area contributed by atoms with E-state index in [0.717, 1.165) is 31.5 Å². The minimum Gasteiger partial charge on any atom is -0.342 e. The van der Waals surface area contributed by atoms with Gasteiger partial charge in [-0.2, -0.15) is 4.98 Å². The van der Waals surface area contributed by atoms with Crippen LogP contribution in [0.4, 0.5) is 17.5 Å². The SMILES string of the molecule is Cc1cccc(NC(=O)C2CC(=O)Nc3nc(N4CCCC(C)C4)[nH]c(=O)c32)c1. The normalized spacial score (nSPS) is 21.3. The van der Waals surface area contributed by atoms with Gasteiger partial charge in [-0.3, -0.25) is 19.4 Å². The van der Waals surface area contributed by atoms with Crippen LogP contribution in [0, 0.1) is 12.8 Å². The first-order valence-corrected chi connectivity index (χ1v) is 9.97. The molecule has 1 fully saturated rings. The largest absolute Gasteiger partial charge is 0.342 e. The molecule has 2 aliphatic rings. The fourth-order valence-corrected chi connectivity index (χ4v) is 4.07. The number of hydrogen-bond donors (Lipinski definition) is 3. The number of aryl methyl sites for hydroxylation is 1. The smallest absolute Gasteiger partial charge is 0.258 e. The molecule has 0 radical (unpaired) electrons. The average Bonchev–Trinajstić information content (AvgIpc) is 2.67. The van der Waals surface area contributed by atoms with Gasteiger partial charge in [0.05, 0.1) is 11.5 Å². The molecule has 2 atom stereocenters. The zero-order valence-electron chi connectivity index (χ0n) is 16.6. The number of hydrogen-bond acceptors (Lipinski definition) is 5.